The normalized spacial score (nSPS) is 14.3. The van der Waals surface area contributed by atoms with E-state index in [4.69, 9.17) is 0 Å². The number of hydrogen-bond acceptors (Lipinski definition) is 5. The van der Waals surface area contributed by atoms with Crippen LogP contribution in [0, 0.1) is 0 Å². The van der Waals surface area contributed by atoms with Crippen molar-refractivity contribution in [1.82, 2.24) is 29.4 Å². The van der Waals surface area contributed by atoms with E-state index >= 15 is 0 Å². The zero-order chi connectivity index (χ0) is 19.0. The zero-order valence-corrected chi connectivity index (χ0v) is 16.3. The molecule has 0 bridgehead atoms. The summed E-state index contributed by atoms with van der Waals surface area (Å²) in [5.41, 5.74) is 4.11. The highest BCUT2D eigenvalue weighted by Gasteiger charge is 2.26. The molecule has 1 aromatic carbocycles. The van der Waals surface area contributed by atoms with Gasteiger partial charge in [0.2, 0.25) is 0 Å². The second-order valence-corrected chi connectivity index (χ2v) is 7.94. The minimum Gasteiger partial charge on any atom is -0.314 e. The summed E-state index contributed by atoms with van der Waals surface area (Å²) in [7, 11) is 3.83. The molecule has 1 N–H and O–H groups in total. The third-order valence-electron chi connectivity index (χ3n) is 4.70. The van der Waals surface area contributed by atoms with E-state index in [1.807, 2.05) is 47.7 Å². The lowest BCUT2D eigenvalue weighted by atomic mass is 10.1. The van der Waals surface area contributed by atoms with Gasteiger partial charge in [0.1, 0.15) is 6.33 Å². The Morgan fingerprint density at radius 3 is 2.89 bits per heavy atom. The Labute approximate surface area is 161 Å². The van der Waals surface area contributed by atoms with E-state index in [1.165, 1.54) is 0 Å². The van der Waals surface area contributed by atoms with Crippen LogP contribution in [0.2, 0.25) is 0 Å². The van der Waals surface area contributed by atoms with Crippen LogP contribution in [-0.2, 0) is 27.2 Å². The fourth-order valence-corrected chi connectivity index (χ4v) is 4.01. The van der Waals surface area contributed by atoms with Gasteiger partial charge in [0.25, 0.3) is 0 Å². The topological polar surface area (TPSA) is 80.9 Å². The highest BCUT2D eigenvalue weighted by molar-refractivity contribution is 7.99. The first-order chi connectivity index (χ1) is 13.0. The number of hydrogen-bond donors (Lipinski definition) is 1. The number of urea groups is 1. The van der Waals surface area contributed by atoms with Crippen LogP contribution < -0.4 is 5.32 Å². The minimum absolute atomic E-state index is 0.100. The van der Waals surface area contributed by atoms with Crippen molar-refractivity contribution in [3.8, 4) is 0 Å². The van der Waals surface area contributed by atoms with Gasteiger partial charge in [-0.05, 0) is 24.6 Å². The number of carbonyl (C=O) groups excluding carboxylic acids is 1. The first-order valence-corrected chi connectivity index (χ1v) is 9.55. The smallest absolute Gasteiger partial charge is 0.314 e. The first kappa shape index (κ1) is 17.6. The van der Waals surface area contributed by atoms with Crippen molar-refractivity contribution in [2.24, 2.45) is 14.1 Å². The molecular weight excluding hydrogens is 362 g/mol. The minimum atomic E-state index is -0.100. The number of rotatable bonds is 4. The summed E-state index contributed by atoms with van der Waals surface area (Å²) >= 11 is 1.63. The lowest BCUT2D eigenvalue weighted by Crippen LogP contribution is -2.30. The first-order valence-electron chi connectivity index (χ1n) is 8.67. The molecule has 0 aliphatic carbocycles. The van der Waals surface area contributed by atoms with Crippen LogP contribution in [0.5, 0.6) is 0 Å². The van der Waals surface area contributed by atoms with E-state index in [-0.39, 0.29) is 11.3 Å². The summed E-state index contributed by atoms with van der Waals surface area (Å²) in [6.07, 6.45) is 3.52. The van der Waals surface area contributed by atoms with Crippen LogP contribution in [0.3, 0.4) is 0 Å². The number of benzene rings is 1. The van der Waals surface area contributed by atoms with Gasteiger partial charge in [-0.1, -0.05) is 23.9 Å². The third-order valence-corrected chi connectivity index (χ3v) is 5.90. The van der Waals surface area contributed by atoms with Gasteiger partial charge in [0.15, 0.2) is 5.16 Å². The average molecular weight is 383 g/mol. The van der Waals surface area contributed by atoms with Crippen molar-refractivity contribution in [3.63, 3.8) is 0 Å². The van der Waals surface area contributed by atoms with E-state index in [2.05, 4.69) is 33.6 Å². The number of nitrogens with one attached hydrogen (secondary N) is 1. The van der Waals surface area contributed by atoms with E-state index in [0.29, 0.717) is 13.1 Å². The second kappa shape index (κ2) is 7.07. The molecule has 2 amide bonds. The molecule has 8 nitrogen and oxygen atoms in total. The Hall–Kier alpha value is -2.81. The summed E-state index contributed by atoms with van der Waals surface area (Å²) in [5.74, 6) is 0. The van der Waals surface area contributed by atoms with Crippen molar-refractivity contribution in [3.05, 3.63) is 53.6 Å². The Morgan fingerprint density at radius 1 is 1.30 bits per heavy atom. The molecule has 0 saturated carbocycles. The Balaban J connectivity index is 1.42. The molecule has 1 atom stereocenters. The molecule has 1 aliphatic heterocycles. The van der Waals surface area contributed by atoms with E-state index in [9.17, 15) is 4.79 Å². The standard InChI is InChI=1S/C18H21N7OS/c1-12(27-18-22-19-11-23(18)2)13-5-4-6-15(7-13)21-17(26)25-9-14-8-20-24(3)16(14)10-25/h4-8,11-12H,9-10H2,1-3H3,(H,21,26). The molecule has 3 aromatic rings. The van der Waals surface area contributed by atoms with E-state index in [0.717, 1.165) is 27.7 Å². The van der Waals surface area contributed by atoms with Crippen LogP contribution in [0.4, 0.5) is 10.5 Å². The molecule has 27 heavy (non-hydrogen) atoms. The summed E-state index contributed by atoms with van der Waals surface area (Å²) in [6.45, 7) is 3.28. The number of thioether (sulfide) groups is 1. The maximum absolute atomic E-state index is 12.6. The van der Waals surface area contributed by atoms with Crippen molar-refractivity contribution in [2.45, 2.75) is 30.4 Å². The predicted molar refractivity (Wildman–Crippen MR) is 103 cm³/mol. The zero-order valence-electron chi connectivity index (χ0n) is 15.5. The highest BCUT2D eigenvalue weighted by atomic mass is 32.2. The van der Waals surface area contributed by atoms with Gasteiger partial charge in [-0.2, -0.15) is 5.10 Å². The molecule has 1 unspecified atom stereocenters. The predicted octanol–water partition coefficient (Wildman–Crippen LogP) is 2.95. The monoisotopic (exact) mass is 383 g/mol. The SMILES string of the molecule is CC(Sc1nncn1C)c1cccc(NC(=O)N2Cc3cnn(C)c3C2)c1. The van der Waals surface area contributed by atoms with Crippen molar-refractivity contribution >= 4 is 23.5 Å². The number of fused-ring (bicyclic) bond motifs is 1. The third kappa shape index (κ3) is 3.55. The molecule has 2 aromatic heterocycles. The molecule has 0 fully saturated rings. The summed E-state index contributed by atoms with van der Waals surface area (Å²) < 4.78 is 3.72. The molecular formula is C18H21N7OS. The van der Waals surface area contributed by atoms with E-state index in [1.54, 1.807) is 23.0 Å². The Morgan fingerprint density at radius 2 is 2.15 bits per heavy atom. The molecule has 0 radical (unpaired) electrons. The summed E-state index contributed by atoms with van der Waals surface area (Å²) in [4.78, 5) is 14.4. The average Bonchev–Trinajstić information content (AvgIpc) is 3.34. The van der Waals surface area contributed by atoms with E-state index < -0.39 is 0 Å². The number of amides is 2. The number of anilines is 1. The van der Waals surface area contributed by atoms with Crippen molar-refractivity contribution in [1.29, 1.82) is 0 Å². The second-order valence-electron chi connectivity index (χ2n) is 6.64. The van der Waals surface area contributed by atoms with Crippen LogP contribution in [0.1, 0.15) is 29.0 Å². The molecule has 3 heterocycles. The maximum atomic E-state index is 12.6. The van der Waals surface area contributed by atoms with Crippen molar-refractivity contribution in [2.75, 3.05) is 5.32 Å². The highest BCUT2D eigenvalue weighted by Crippen LogP contribution is 2.34. The van der Waals surface area contributed by atoms with Gasteiger partial charge < -0.3 is 14.8 Å². The molecule has 140 valence electrons. The fourth-order valence-electron chi connectivity index (χ4n) is 3.11. The molecule has 1 aliphatic rings. The maximum Gasteiger partial charge on any atom is 0.322 e. The summed E-state index contributed by atoms with van der Waals surface area (Å²) in [6, 6.07) is 7.84. The number of nitrogens with zero attached hydrogens (tertiary/aromatic N) is 6. The van der Waals surface area contributed by atoms with Crippen molar-refractivity contribution < 1.29 is 4.79 Å². The van der Waals surface area contributed by atoms with Gasteiger partial charge in [0.05, 0.1) is 25.0 Å². The lowest BCUT2D eigenvalue weighted by Gasteiger charge is -2.18. The largest absolute Gasteiger partial charge is 0.322 e. The van der Waals surface area contributed by atoms with Gasteiger partial charge in [-0.15, -0.1) is 10.2 Å². The van der Waals surface area contributed by atoms with Gasteiger partial charge in [-0.25, -0.2) is 4.79 Å². The van der Waals surface area contributed by atoms with Crippen LogP contribution >= 0.6 is 11.8 Å². The van der Waals surface area contributed by atoms with Gasteiger partial charge >= 0.3 is 6.03 Å². The molecule has 0 spiro atoms. The molecule has 9 heteroatoms. The quantitative estimate of drug-likeness (QED) is 0.701. The van der Waals surface area contributed by atoms with Crippen LogP contribution in [-0.4, -0.2) is 35.5 Å². The Bertz CT molecular complexity index is 980. The molecule has 4 rings (SSSR count). The van der Waals surface area contributed by atoms with Crippen LogP contribution in [0.15, 0.2) is 41.9 Å². The summed E-state index contributed by atoms with van der Waals surface area (Å²) in [5, 5.41) is 16.3. The number of aromatic nitrogens is 5. The van der Waals surface area contributed by atoms with Gasteiger partial charge in [-0.3, -0.25) is 4.68 Å². The fraction of sp³-hybridized carbons (Fsp3) is 0.333. The Kier molecular flexibility index (Phi) is 4.61. The number of aryl methyl sites for hydroxylation is 2. The number of carbonyl (C=O) groups is 1. The lowest BCUT2D eigenvalue weighted by molar-refractivity contribution is 0.211. The molecule has 0 saturated heterocycles. The van der Waals surface area contributed by atoms with Crippen LogP contribution in [0.25, 0.3) is 0 Å². The van der Waals surface area contributed by atoms with Gasteiger partial charge in [0, 0.05) is 30.6 Å².